The minimum Gasteiger partial charge on any atom is -0.390 e. The fraction of sp³-hybridized carbons (Fsp3) is 0. The molecule has 1 aromatic rings. The zero-order chi connectivity index (χ0) is 9.84. The van der Waals surface area contributed by atoms with E-state index in [1.54, 1.807) is 0 Å². The fourth-order valence-electron chi connectivity index (χ4n) is 0.612. The molecule has 0 aliphatic heterocycles. The van der Waals surface area contributed by atoms with Crippen LogP contribution in [0.15, 0.2) is 11.7 Å². The zero-order valence-corrected chi connectivity index (χ0v) is 6.23. The number of hydrogen-bond acceptors (Lipinski definition) is 5. The molecule has 9 nitrogen and oxygen atoms in total. The Bertz CT molecular complexity index is 401. The molecule has 0 aliphatic rings. The normalized spacial score (nSPS) is 8.92. The second kappa shape index (κ2) is 3.32. The van der Waals surface area contributed by atoms with E-state index in [0.29, 0.717) is 0 Å². The van der Waals surface area contributed by atoms with Crippen LogP contribution in [0.1, 0.15) is 0 Å². The molecule has 0 bridgehead atoms. The second-order valence-corrected chi connectivity index (χ2v) is 1.79. The average Bonchev–Trinajstić information content (AvgIpc) is 2.48. The first-order valence-electron chi connectivity index (χ1n) is 2.97. The smallest absolute Gasteiger partial charge is 0.390 e. The van der Waals surface area contributed by atoms with Crippen molar-refractivity contribution in [2.45, 2.75) is 0 Å². The number of nitro groups is 1. The van der Waals surface area contributed by atoms with E-state index >= 15 is 0 Å². The predicted molar refractivity (Wildman–Crippen MR) is 41.9 cm³/mol. The molecule has 0 fully saturated rings. The molecule has 0 spiro atoms. The van der Waals surface area contributed by atoms with Gasteiger partial charge in [0, 0.05) is 16.2 Å². The Morgan fingerprint density at radius 3 is 3.00 bits per heavy atom. The maximum atomic E-state index is 10.2. The van der Waals surface area contributed by atoms with Crippen LogP contribution >= 0.6 is 0 Å². The Balaban J connectivity index is 3.26. The summed E-state index contributed by atoms with van der Waals surface area (Å²) >= 11 is 0. The molecule has 0 saturated carbocycles. The van der Waals surface area contributed by atoms with Gasteiger partial charge in [0.05, 0.1) is 0 Å². The largest absolute Gasteiger partial charge is 0.491 e. The van der Waals surface area contributed by atoms with E-state index in [1.165, 1.54) is 0 Å². The van der Waals surface area contributed by atoms with Gasteiger partial charge in [0.15, 0.2) is 0 Å². The van der Waals surface area contributed by atoms with Crippen LogP contribution in [0.5, 0.6) is 0 Å². The van der Waals surface area contributed by atoms with Crippen molar-refractivity contribution in [2.24, 2.45) is 5.11 Å². The van der Waals surface area contributed by atoms with E-state index in [4.69, 9.17) is 5.53 Å². The van der Waals surface area contributed by atoms with Gasteiger partial charge in [-0.3, -0.25) is 0 Å². The number of hydrogen-bond donors (Lipinski definition) is 0. The number of aromatic nitrogens is 3. The van der Waals surface area contributed by atoms with Gasteiger partial charge in [-0.25, -0.2) is 0 Å². The molecule has 0 saturated heterocycles. The van der Waals surface area contributed by atoms with Crippen LogP contribution in [0, 0.1) is 10.1 Å². The predicted octanol–water partition coefficient (Wildman–Crippen LogP) is 1.23. The SMILES string of the molecule is C=Cn1nc([N+](=O)[O-])nc1N=[N+]=[N-]. The first-order valence-corrected chi connectivity index (χ1v) is 2.97. The minimum absolute atomic E-state index is 0.218. The van der Waals surface area contributed by atoms with Crippen molar-refractivity contribution in [1.82, 2.24) is 14.8 Å². The standard InChI is InChI=1S/C4H3N7O2/c1-2-10-3(7-9-5)6-4(8-10)11(12)13/h2H,1H2. The van der Waals surface area contributed by atoms with E-state index in [1.807, 2.05) is 0 Å². The molecule has 13 heavy (non-hydrogen) atoms. The molecule has 0 aromatic carbocycles. The summed E-state index contributed by atoms with van der Waals surface area (Å²) in [5.74, 6) is -0.855. The highest BCUT2D eigenvalue weighted by atomic mass is 16.6. The third kappa shape index (κ3) is 1.60. The second-order valence-electron chi connectivity index (χ2n) is 1.79. The van der Waals surface area contributed by atoms with Crippen molar-refractivity contribution in [3.8, 4) is 0 Å². The minimum atomic E-state index is -0.795. The first-order chi connectivity index (χ1) is 6.19. The highest BCUT2D eigenvalue weighted by Gasteiger charge is 2.18. The third-order valence-electron chi connectivity index (χ3n) is 1.07. The Morgan fingerprint density at radius 2 is 2.54 bits per heavy atom. The molecule has 0 N–H and O–H groups in total. The van der Waals surface area contributed by atoms with Crippen LogP contribution < -0.4 is 0 Å². The summed E-state index contributed by atoms with van der Waals surface area (Å²) in [6.45, 7) is 3.30. The van der Waals surface area contributed by atoms with Crippen LogP contribution in [0.4, 0.5) is 11.9 Å². The summed E-state index contributed by atoms with van der Waals surface area (Å²) in [6, 6.07) is 0. The summed E-state index contributed by atoms with van der Waals surface area (Å²) in [6.07, 6.45) is 1.14. The van der Waals surface area contributed by atoms with E-state index in [-0.39, 0.29) is 5.95 Å². The van der Waals surface area contributed by atoms with Crippen molar-refractivity contribution in [1.29, 1.82) is 0 Å². The van der Waals surface area contributed by atoms with E-state index in [2.05, 4.69) is 26.7 Å². The van der Waals surface area contributed by atoms with Gasteiger partial charge in [0.25, 0.3) is 0 Å². The summed E-state index contributed by atoms with van der Waals surface area (Å²) in [5.41, 5.74) is 8.06. The molecule has 9 heteroatoms. The first kappa shape index (κ1) is 8.68. The summed E-state index contributed by atoms with van der Waals surface area (Å²) in [7, 11) is 0. The Hall–Kier alpha value is -2.41. The van der Waals surface area contributed by atoms with Crippen molar-refractivity contribution in [2.75, 3.05) is 0 Å². The lowest BCUT2D eigenvalue weighted by Gasteiger charge is -1.82. The van der Waals surface area contributed by atoms with Gasteiger partial charge in [-0.15, -0.1) is 4.68 Å². The van der Waals surface area contributed by atoms with Crippen LogP contribution in [-0.4, -0.2) is 19.7 Å². The maximum absolute atomic E-state index is 10.2. The van der Waals surface area contributed by atoms with Crippen molar-refractivity contribution < 1.29 is 4.92 Å². The lowest BCUT2D eigenvalue weighted by Crippen LogP contribution is -1.91. The molecular weight excluding hydrogens is 178 g/mol. The fourth-order valence-corrected chi connectivity index (χ4v) is 0.612. The third-order valence-corrected chi connectivity index (χ3v) is 1.07. The van der Waals surface area contributed by atoms with Crippen LogP contribution in [0.3, 0.4) is 0 Å². The monoisotopic (exact) mass is 181 g/mol. The molecule has 0 radical (unpaired) electrons. The molecule has 0 atom stereocenters. The van der Waals surface area contributed by atoms with E-state index < -0.39 is 10.9 Å². The van der Waals surface area contributed by atoms with Crippen LogP contribution in [-0.2, 0) is 0 Å². The van der Waals surface area contributed by atoms with Gasteiger partial charge >= 0.3 is 11.9 Å². The number of nitrogens with zero attached hydrogens (tertiary/aromatic N) is 7. The van der Waals surface area contributed by atoms with Gasteiger partial charge in [0.2, 0.25) is 0 Å². The van der Waals surface area contributed by atoms with Gasteiger partial charge < -0.3 is 10.1 Å². The highest BCUT2D eigenvalue weighted by molar-refractivity contribution is 5.31. The summed E-state index contributed by atoms with van der Waals surface area (Å²) < 4.78 is 0.915. The van der Waals surface area contributed by atoms with Crippen molar-refractivity contribution >= 4 is 18.1 Å². The topological polar surface area (TPSA) is 123 Å². The molecule has 1 heterocycles. The molecule has 66 valence electrons. The van der Waals surface area contributed by atoms with E-state index in [0.717, 1.165) is 10.9 Å². The maximum Gasteiger partial charge on any atom is 0.491 e. The van der Waals surface area contributed by atoms with Crippen LogP contribution in [0.25, 0.3) is 16.6 Å². The molecule has 1 aromatic heterocycles. The Morgan fingerprint density at radius 1 is 1.85 bits per heavy atom. The number of rotatable bonds is 3. The zero-order valence-electron chi connectivity index (χ0n) is 6.23. The molecular formula is C4H3N7O2. The molecule has 1 rings (SSSR count). The van der Waals surface area contributed by atoms with E-state index in [9.17, 15) is 10.1 Å². The van der Waals surface area contributed by atoms with Crippen molar-refractivity contribution in [3.63, 3.8) is 0 Å². The summed E-state index contributed by atoms with van der Waals surface area (Å²) in [5, 5.41) is 16.6. The van der Waals surface area contributed by atoms with Gasteiger partial charge in [-0.05, 0) is 20.6 Å². The molecule has 0 aliphatic carbocycles. The summed E-state index contributed by atoms with van der Waals surface area (Å²) in [4.78, 5) is 15.1. The average molecular weight is 181 g/mol. The van der Waals surface area contributed by atoms with Gasteiger partial charge in [-0.2, -0.15) is 0 Å². The Kier molecular flexibility index (Phi) is 2.22. The lowest BCUT2D eigenvalue weighted by atomic mass is 10.9. The quantitative estimate of drug-likeness (QED) is 0.228. The van der Waals surface area contributed by atoms with Gasteiger partial charge in [0.1, 0.15) is 0 Å². The van der Waals surface area contributed by atoms with Crippen molar-refractivity contribution in [3.05, 3.63) is 27.1 Å². The van der Waals surface area contributed by atoms with Gasteiger partial charge in [-0.1, -0.05) is 6.58 Å². The highest BCUT2D eigenvalue weighted by Crippen LogP contribution is 2.13. The lowest BCUT2D eigenvalue weighted by molar-refractivity contribution is -0.394. The molecule has 0 amide bonds. The Labute approximate surface area is 71.1 Å². The number of azide groups is 1. The molecule has 0 unspecified atom stereocenters. The van der Waals surface area contributed by atoms with Crippen LogP contribution in [0.2, 0.25) is 0 Å².